The van der Waals surface area contributed by atoms with Crippen molar-refractivity contribution in [1.29, 1.82) is 0 Å². The summed E-state index contributed by atoms with van der Waals surface area (Å²) in [7, 11) is 0. The van der Waals surface area contributed by atoms with Crippen LogP contribution in [0.3, 0.4) is 0 Å². The van der Waals surface area contributed by atoms with Crippen LogP contribution in [0.5, 0.6) is 0 Å². The van der Waals surface area contributed by atoms with Gasteiger partial charge in [-0.25, -0.2) is 4.98 Å². The Morgan fingerprint density at radius 3 is 2.95 bits per heavy atom. The van der Waals surface area contributed by atoms with Gasteiger partial charge >= 0.3 is 0 Å². The molecule has 0 aliphatic heterocycles. The minimum absolute atomic E-state index is 0.103. The Morgan fingerprint density at radius 1 is 1.38 bits per heavy atom. The predicted molar refractivity (Wildman–Crippen MR) is 86.0 cm³/mol. The maximum atomic E-state index is 12.3. The highest BCUT2D eigenvalue weighted by atomic mass is 32.1. The Labute approximate surface area is 128 Å². The molecule has 1 aromatic carbocycles. The predicted octanol–water partition coefficient (Wildman–Crippen LogP) is 2.83. The molecule has 110 valence electrons. The van der Waals surface area contributed by atoms with E-state index in [2.05, 4.69) is 10.3 Å². The van der Waals surface area contributed by atoms with Crippen molar-refractivity contribution in [3.05, 3.63) is 45.5 Å². The summed E-state index contributed by atoms with van der Waals surface area (Å²) < 4.78 is 0. The smallest absolute Gasteiger partial charge is 0.257 e. The number of nitrogens with zero attached hydrogens (tertiary/aromatic N) is 1. The molecule has 4 nitrogen and oxygen atoms in total. The molecule has 1 amide bonds. The quantitative estimate of drug-likeness (QED) is 0.896. The fraction of sp³-hybridized carbons (Fsp3) is 0.375. The molecule has 0 saturated heterocycles. The number of nitrogens with one attached hydrogen (secondary N) is 1. The number of fused-ring (bicyclic) bond motifs is 1. The van der Waals surface area contributed by atoms with Gasteiger partial charge in [0.25, 0.3) is 5.91 Å². The fourth-order valence-electron chi connectivity index (χ4n) is 2.51. The zero-order chi connectivity index (χ0) is 15.0. The topological polar surface area (TPSA) is 68.0 Å². The number of carbonyl (C=O) groups is 1. The second-order valence-electron chi connectivity index (χ2n) is 5.64. The lowest BCUT2D eigenvalue weighted by molar-refractivity contribution is 0.102. The van der Waals surface area contributed by atoms with Crippen LogP contribution in [0.25, 0.3) is 0 Å². The van der Waals surface area contributed by atoms with E-state index in [0.717, 1.165) is 30.5 Å². The lowest BCUT2D eigenvalue weighted by atomic mass is 9.99. The number of nitrogens with two attached hydrogens (primary N) is 1. The van der Waals surface area contributed by atoms with E-state index in [9.17, 15) is 4.79 Å². The molecule has 3 N–H and O–H groups in total. The molecule has 0 radical (unpaired) electrons. The summed E-state index contributed by atoms with van der Waals surface area (Å²) in [5.74, 6) is -0.103. The van der Waals surface area contributed by atoms with Gasteiger partial charge in [-0.15, -0.1) is 11.3 Å². The second kappa shape index (κ2) is 5.58. The molecule has 0 spiro atoms. The molecule has 3 rings (SSSR count). The van der Waals surface area contributed by atoms with Gasteiger partial charge in [0.05, 0.1) is 5.69 Å². The van der Waals surface area contributed by atoms with E-state index in [4.69, 9.17) is 5.73 Å². The highest BCUT2D eigenvalue weighted by Gasteiger charge is 2.21. The van der Waals surface area contributed by atoms with Crippen LogP contribution in [-0.2, 0) is 12.8 Å². The maximum Gasteiger partial charge on any atom is 0.257 e. The van der Waals surface area contributed by atoms with E-state index >= 15 is 0 Å². The lowest BCUT2D eigenvalue weighted by Crippen LogP contribution is -2.27. The molecule has 0 bridgehead atoms. The highest BCUT2D eigenvalue weighted by Crippen LogP contribution is 2.29. The van der Waals surface area contributed by atoms with Gasteiger partial charge in [-0.1, -0.05) is 6.07 Å². The molecule has 5 heteroatoms. The number of aromatic nitrogens is 1. The van der Waals surface area contributed by atoms with E-state index in [0.29, 0.717) is 10.7 Å². The van der Waals surface area contributed by atoms with Gasteiger partial charge in [0, 0.05) is 16.5 Å². The molecule has 21 heavy (non-hydrogen) atoms. The monoisotopic (exact) mass is 301 g/mol. The van der Waals surface area contributed by atoms with Gasteiger partial charge in [0.1, 0.15) is 0 Å². The van der Waals surface area contributed by atoms with E-state index in [-0.39, 0.29) is 11.9 Å². The van der Waals surface area contributed by atoms with Gasteiger partial charge < -0.3 is 5.73 Å². The first kappa shape index (κ1) is 14.2. The normalized spacial score (nSPS) is 17.4. The summed E-state index contributed by atoms with van der Waals surface area (Å²) in [6.07, 6.45) is 2.75. The molecule has 0 unspecified atom stereocenters. The fourth-order valence-corrected chi connectivity index (χ4v) is 3.60. The summed E-state index contributed by atoms with van der Waals surface area (Å²) >= 11 is 1.55. The highest BCUT2D eigenvalue weighted by molar-refractivity contribution is 7.15. The number of carbonyl (C=O) groups excluding carboxylic acids is 1. The van der Waals surface area contributed by atoms with Crippen LogP contribution in [0.1, 0.15) is 38.5 Å². The average molecular weight is 301 g/mol. The van der Waals surface area contributed by atoms with Crippen molar-refractivity contribution in [2.75, 3.05) is 5.32 Å². The summed E-state index contributed by atoms with van der Waals surface area (Å²) in [6.45, 7) is 4.05. The zero-order valence-electron chi connectivity index (χ0n) is 12.3. The molecule has 1 aromatic heterocycles. The van der Waals surface area contributed by atoms with Gasteiger partial charge in [-0.05, 0) is 56.4 Å². The third-order valence-electron chi connectivity index (χ3n) is 3.97. The van der Waals surface area contributed by atoms with Crippen LogP contribution in [0.15, 0.2) is 18.2 Å². The van der Waals surface area contributed by atoms with Crippen LogP contribution in [0.4, 0.5) is 5.13 Å². The summed E-state index contributed by atoms with van der Waals surface area (Å²) in [5, 5.41) is 3.58. The maximum absolute atomic E-state index is 12.3. The molecule has 1 aliphatic carbocycles. The lowest BCUT2D eigenvalue weighted by Gasteiger charge is -2.15. The second-order valence-corrected chi connectivity index (χ2v) is 6.73. The largest absolute Gasteiger partial charge is 0.327 e. The average Bonchev–Trinajstić information content (AvgIpc) is 2.83. The van der Waals surface area contributed by atoms with Crippen LogP contribution in [0, 0.1) is 13.8 Å². The Morgan fingerprint density at radius 2 is 2.19 bits per heavy atom. The number of amides is 1. The van der Waals surface area contributed by atoms with Crippen molar-refractivity contribution >= 4 is 22.4 Å². The first-order valence-electron chi connectivity index (χ1n) is 7.15. The minimum Gasteiger partial charge on any atom is -0.327 e. The van der Waals surface area contributed by atoms with Gasteiger partial charge in [-0.3, -0.25) is 10.1 Å². The summed E-state index contributed by atoms with van der Waals surface area (Å²) in [4.78, 5) is 18.0. The number of aryl methyl sites for hydroxylation is 3. The number of rotatable bonds is 2. The van der Waals surface area contributed by atoms with Crippen molar-refractivity contribution < 1.29 is 4.79 Å². The van der Waals surface area contributed by atoms with E-state index < -0.39 is 0 Å². The molecule has 2 aromatic rings. The van der Waals surface area contributed by atoms with Crippen molar-refractivity contribution in [3.63, 3.8) is 0 Å². The number of benzene rings is 1. The van der Waals surface area contributed by atoms with Crippen molar-refractivity contribution in [2.24, 2.45) is 5.73 Å². The number of hydrogen-bond acceptors (Lipinski definition) is 4. The molecular weight excluding hydrogens is 282 g/mol. The Bertz CT molecular complexity index is 693. The third kappa shape index (κ3) is 2.99. The zero-order valence-corrected chi connectivity index (χ0v) is 13.1. The molecule has 0 saturated carbocycles. The van der Waals surface area contributed by atoms with E-state index in [1.54, 1.807) is 11.3 Å². The van der Waals surface area contributed by atoms with Gasteiger partial charge in [-0.2, -0.15) is 0 Å². The first-order chi connectivity index (χ1) is 10.0. The van der Waals surface area contributed by atoms with Crippen LogP contribution >= 0.6 is 11.3 Å². The van der Waals surface area contributed by atoms with Crippen molar-refractivity contribution in [3.8, 4) is 0 Å². The number of anilines is 1. The minimum atomic E-state index is -0.103. The van der Waals surface area contributed by atoms with Crippen molar-refractivity contribution in [2.45, 2.75) is 39.2 Å². The van der Waals surface area contributed by atoms with E-state index in [1.807, 2.05) is 32.0 Å². The van der Waals surface area contributed by atoms with Crippen molar-refractivity contribution in [1.82, 2.24) is 4.98 Å². The Balaban J connectivity index is 1.77. The van der Waals surface area contributed by atoms with Gasteiger partial charge in [0.2, 0.25) is 0 Å². The Kier molecular flexibility index (Phi) is 3.78. The summed E-state index contributed by atoms with van der Waals surface area (Å²) in [6, 6.07) is 5.95. The molecule has 0 fully saturated rings. The SMILES string of the molecule is Cc1ccc(C(=O)Nc2nc3c(s2)C[C@@H](N)CC3)cc1C. The van der Waals surface area contributed by atoms with Crippen LogP contribution in [0.2, 0.25) is 0 Å². The van der Waals surface area contributed by atoms with E-state index in [1.165, 1.54) is 10.4 Å². The third-order valence-corrected chi connectivity index (χ3v) is 5.00. The number of thiazole rings is 1. The van der Waals surface area contributed by atoms with Crippen LogP contribution < -0.4 is 11.1 Å². The first-order valence-corrected chi connectivity index (χ1v) is 7.97. The molecule has 1 heterocycles. The van der Waals surface area contributed by atoms with Crippen LogP contribution in [-0.4, -0.2) is 16.9 Å². The molecular formula is C16H19N3OS. The molecule has 1 atom stereocenters. The Hall–Kier alpha value is -1.72. The summed E-state index contributed by atoms with van der Waals surface area (Å²) in [5.41, 5.74) is 10.0. The standard InChI is InChI=1S/C16H19N3OS/c1-9-3-4-11(7-10(9)2)15(20)19-16-18-13-6-5-12(17)8-14(13)21-16/h3-4,7,12H,5-6,8,17H2,1-2H3,(H,18,19,20)/t12-/m0/s1. The van der Waals surface area contributed by atoms with Gasteiger partial charge in [0.15, 0.2) is 5.13 Å². The molecule has 1 aliphatic rings. The number of hydrogen-bond donors (Lipinski definition) is 2.